The molecule has 0 aromatic heterocycles. The van der Waals surface area contributed by atoms with Crippen LogP contribution in [0.5, 0.6) is 11.5 Å². The molecular weight excluding hydrogens is 289 g/mol. The minimum Gasteiger partial charge on any atom is -0.501 e. The van der Waals surface area contributed by atoms with Crippen molar-refractivity contribution in [1.29, 1.82) is 0 Å². The van der Waals surface area contributed by atoms with Crippen LogP contribution in [0.25, 0.3) is 0 Å². The summed E-state index contributed by atoms with van der Waals surface area (Å²) < 4.78 is 5.21. The predicted octanol–water partition coefficient (Wildman–Crippen LogP) is 1.91. The Kier molecular flexibility index (Phi) is 2.91. The summed E-state index contributed by atoms with van der Waals surface area (Å²) >= 11 is 1.80. The lowest BCUT2D eigenvalue weighted by atomic mass is 10.3. The van der Waals surface area contributed by atoms with Crippen LogP contribution in [-0.4, -0.2) is 17.1 Å². The van der Waals surface area contributed by atoms with E-state index < -0.39 is 4.92 Å². The lowest BCUT2D eigenvalue weighted by Crippen LogP contribution is -1.92. The van der Waals surface area contributed by atoms with Crippen LogP contribution < -0.4 is 4.74 Å². The number of nitrogens with zero attached hydrogens (tertiary/aromatic N) is 1. The van der Waals surface area contributed by atoms with Crippen LogP contribution in [0.2, 0.25) is 0 Å². The lowest BCUT2D eigenvalue weighted by Gasteiger charge is -2.02. The van der Waals surface area contributed by atoms with Crippen molar-refractivity contribution in [1.82, 2.24) is 0 Å². The first kappa shape index (κ1) is 10.0. The van der Waals surface area contributed by atoms with Gasteiger partial charge >= 0.3 is 5.69 Å². The normalized spacial score (nSPS) is 9.69. The molecule has 70 valence electrons. The molecule has 13 heavy (non-hydrogen) atoms. The molecule has 0 saturated carbocycles. The Morgan fingerprint density at radius 2 is 2.23 bits per heavy atom. The van der Waals surface area contributed by atoms with Gasteiger partial charge in [0.1, 0.15) is 5.75 Å². The smallest absolute Gasteiger partial charge is 0.315 e. The second-order valence-electron chi connectivity index (χ2n) is 2.23. The highest BCUT2D eigenvalue weighted by Crippen LogP contribution is 2.34. The van der Waals surface area contributed by atoms with E-state index in [0.717, 1.165) is 0 Å². The number of benzene rings is 1. The summed E-state index contributed by atoms with van der Waals surface area (Å²) in [6, 6.07) is 2.69. The fraction of sp³-hybridized carbons (Fsp3) is 0.143. The molecule has 0 aliphatic heterocycles. The first-order valence-electron chi connectivity index (χ1n) is 3.27. The first-order valence-corrected chi connectivity index (χ1v) is 4.35. The molecule has 0 spiro atoms. The van der Waals surface area contributed by atoms with Gasteiger partial charge in [0.2, 0.25) is 5.75 Å². The van der Waals surface area contributed by atoms with Crippen molar-refractivity contribution in [3.05, 3.63) is 25.8 Å². The van der Waals surface area contributed by atoms with Gasteiger partial charge in [-0.3, -0.25) is 10.1 Å². The third-order valence-electron chi connectivity index (χ3n) is 1.45. The van der Waals surface area contributed by atoms with Gasteiger partial charge in [-0.2, -0.15) is 0 Å². The first-order chi connectivity index (χ1) is 6.06. The summed E-state index contributed by atoms with van der Waals surface area (Å²) in [5, 5.41) is 19.7. The Hall–Kier alpha value is -1.05. The largest absolute Gasteiger partial charge is 0.501 e. The highest BCUT2D eigenvalue weighted by atomic mass is 127. The maximum Gasteiger partial charge on any atom is 0.315 e. The summed E-state index contributed by atoms with van der Waals surface area (Å²) in [5.74, 6) is 0.0281. The van der Waals surface area contributed by atoms with Crippen LogP contribution in [0.1, 0.15) is 0 Å². The third kappa shape index (κ3) is 2.00. The van der Waals surface area contributed by atoms with E-state index in [0.29, 0.717) is 9.32 Å². The number of rotatable bonds is 2. The molecule has 0 radical (unpaired) electrons. The Morgan fingerprint density at radius 3 is 2.69 bits per heavy atom. The molecule has 6 heteroatoms. The number of phenolic OH excluding ortho intramolecular Hbond substituents is 1. The minimum absolute atomic E-state index is 0.327. The monoisotopic (exact) mass is 295 g/mol. The Labute approximate surface area is 87.6 Å². The van der Waals surface area contributed by atoms with Crippen LogP contribution in [0.3, 0.4) is 0 Å². The van der Waals surface area contributed by atoms with Gasteiger partial charge in [-0.05, 0) is 28.7 Å². The second-order valence-corrected chi connectivity index (χ2v) is 3.40. The molecule has 0 bridgehead atoms. The maximum atomic E-state index is 10.4. The number of halogens is 1. The quantitative estimate of drug-likeness (QED) is 0.514. The number of aromatic hydroxyl groups is 1. The van der Waals surface area contributed by atoms with Gasteiger partial charge in [0.15, 0.2) is 0 Å². The highest BCUT2D eigenvalue weighted by molar-refractivity contribution is 14.1. The van der Waals surface area contributed by atoms with E-state index in [1.54, 1.807) is 22.6 Å². The van der Waals surface area contributed by atoms with Crippen LogP contribution in [0, 0.1) is 13.7 Å². The van der Waals surface area contributed by atoms with E-state index in [1.807, 2.05) is 0 Å². The zero-order chi connectivity index (χ0) is 10.0. The number of hydrogen-bond donors (Lipinski definition) is 1. The van der Waals surface area contributed by atoms with Crippen molar-refractivity contribution >= 4 is 28.3 Å². The molecule has 0 fully saturated rings. The molecular formula is C7H6INO4. The van der Waals surface area contributed by atoms with Crippen molar-refractivity contribution in [3.63, 3.8) is 0 Å². The topological polar surface area (TPSA) is 72.6 Å². The SMILES string of the molecule is COc1cc(I)c(O)c([N+](=O)[O-])c1. The van der Waals surface area contributed by atoms with E-state index in [4.69, 9.17) is 4.74 Å². The van der Waals surface area contributed by atoms with Crippen molar-refractivity contribution in [2.24, 2.45) is 0 Å². The molecule has 0 atom stereocenters. The van der Waals surface area contributed by atoms with Gasteiger partial charge in [-0.15, -0.1) is 0 Å². The summed E-state index contributed by atoms with van der Waals surface area (Å²) in [5.41, 5.74) is -0.344. The molecule has 1 N–H and O–H groups in total. The summed E-state index contributed by atoms with van der Waals surface area (Å²) in [7, 11) is 1.41. The Bertz CT molecular complexity index is 353. The van der Waals surface area contributed by atoms with Crippen molar-refractivity contribution < 1.29 is 14.8 Å². The van der Waals surface area contributed by atoms with Crippen LogP contribution in [0.15, 0.2) is 12.1 Å². The molecule has 0 aliphatic carbocycles. The molecule has 0 saturated heterocycles. The second kappa shape index (κ2) is 3.77. The molecule has 1 aromatic carbocycles. The molecule has 1 aromatic rings. The molecule has 0 aliphatic rings. The number of ether oxygens (including phenoxy) is 1. The Balaban J connectivity index is 3.33. The van der Waals surface area contributed by atoms with Gasteiger partial charge in [-0.25, -0.2) is 0 Å². The molecule has 5 nitrogen and oxygen atoms in total. The predicted molar refractivity (Wildman–Crippen MR) is 54.0 cm³/mol. The van der Waals surface area contributed by atoms with E-state index in [2.05, 4.69) is 0 Å². The fourth-order valence-electron chi connectivity index (χ4n) is 0.817. The number of nitro groups is 1. The fourth-order valence-corrected chi connectivity index (χ4v) is 1.40. The zero-order valence-electron chi connectivity index (χ0n) is 6.65. The Morgan fingerprint density at radius 1 is 1.62 bits per heavy atom. The van der Waals surface area contributed by atoms with E-state index >= 15 is 0 Å². The van der Waals surface area contributed by atoms with E-state index in [9.17, 15) is 15.2 Å². The number of nitro benzene ring substituents is 1. The average Bonchev–Trinajstić information content (AvgIpc) is 2.09. The third-order valence-corrected chi connectivity index (χ3v) is 2.27. The van der Waals surface area contributed by atoms with Gasteiger partial charge < -0.3 is 9.84 Å². The van der Waals surface area contributed by atoms with Crippen molar-refractivity contribution in [2.75, 3.05) is 7.11 Å². The van der Waals surface area contributed by atoms with E-state index in [-0.39, 0.29) is 11.4 Å². The molecule has 0 heterocycles. The molecule has 1 rings (SSSR count). The standard InChI is InChI=1S/C7H6INO4/c1-13-4-2-5(8)7(10)6(3-4)9(11)12/h2-3,10H,1H3. The average molecular weight is 295 g/mol. The van der Waals surface area contributed by atoms with Crippen molar-refractivity contribution in [2.45, 2.75) is 0 Å². The number of hydrogen-bond acceptors (Lipinski definition) is 4. The number of phenols is 1. The van der Waals surface area contributed by atoms with E-state index in [1.165, 1.54) is 19.2 Å². The molecule has 0 amide bonds. The summed E-state index contributed by atoms with van der Waals surface area (Å²) in [6.45, 7) is 0. The van der Waals surface area contributed by atoms with Gasteiger partial charge in [0.05, 0.1) is 21.7 Å². The minimum atomic E-state index is -0.653. The van der Waals surface area contributed by atoms with Gasteiger partial charge in [-0.1, -0.05) is 0 Å². The summed E-state index contributed by atoms with van der Waals surface area (Å²) in [4.78, 5) is 9.78. The molecule has 0 unspecified atom stereocenters. The zero-order valence-corrected chi connectivity index (χ0v) is 8.81. The number of methoxy groups -OCH3 is 1. The highest BCUT2D eigenvalue weighted by Gasteiger charge is 2.17. The lowest BCUT2D eigenvalue weighted by molar-refractivity contribution is -0.386. The van der Waals surface area contributed by atoms with Gasteiger partial charge in [0, 0.05) is 0 Å². The van der Waals surface area contributed by atoms with Crippen molar-refractivity contribution in [3.8, 4) is 11.5 Å². The van der Waals surface area contributed by atoms with Crippen LogP contribution in [-0.2, 0) is 0 Å². The summed E-state index contributed by atoms with van der Waals surface area (Å²) in [6.07, 6.45) is 0. The maximum absolute atomic E-state index is 10.4. The van der Waals surface area contributed by atoms with Crippen LogP contribution >= 0.6 is 22.6 Å². The van der Waals surface area contributed by atoms with Gasteiger partial charge in [0.25, 0.3) is 0 Å². The van der Waals surface area contributed by atoms with Crippen LogP contribution in [0.4, 0.5) is 5.69 Å².